The lowest BCUT2D eigenvalue weighted by Gasteiger charge is -2.06. The van der Waals surface area contributed by atoms with E-state index in [-0.39, 0.29) is 12.5 Å². The van der Waals surface area contributed by atoms with Gasteiger partial charge in [-0.05, 0) is 30.7 Å². The number of methoxy groups -OCH3 is 1. The molecule has 0 aliphatic heterocycles. The van der Waals surface area contributed by atoms with Gasteiger partial charge in [0.25, 0.3) is 0 Å². The molecule has 2 aromatic rings. The molecule has 4 nitrogen and oxygen atoms in total. The first-order valence-corrected chi connectivity index (χ1v) is 6.03. The second kappa shape index (κ2) is 5.58. The molecule has 0 fully saturated rings. The fourth-order valence-electron chi connectivity index (χ4n) is 1.83. The predicted octanol–water partition coefficient (Wildman–Crippen LogP) is 2.60. The molecule has 1 aromatic heterocycles. The van der Waals surface area contributed by atoms with E-state index in [2.05, 4.69) is 11.7 Å². The van der Waals surface area contributed by atoms with E-state index >= 15 is 0 Å². The molecular formula is C14H17NO3. The van der Waals surface area contributed by atoms with E-state index in [1.54, 1.807) is 0 Å². The summed E-state index contributed by atoms with van der Waals surface area (Å²) in [5.74, 6) is 0.610. The average molecular weight is 247 g/mol. The molecule has 0 atom stereocenters. The third-order valence-electron chi connectivity index (χ3n) is 2.74. The van der Waals surface area contributed by atoms with Crippen LogP contribution in [0, 0.1) is 0 Å². The number of ether oxygens (including phenoxy) is 2. The monoisotopic (exact) mass is 247 g/mol. The summed E-state index contributed by atoms with van der Waals surface area (Å²) < 4.78 is 12.1. The molecule has 0 aliphatic rings. The molecule has 1 heterocycles. The van der Waals surface area contributed by atoms with Gasteiger partial charge in [-0.25, -0.2) is 0 Å². The Labute approximate surface area is 106 Å². The number of benzene rings is 1. The van der Waals surface area contributed by atoms with Crippen LogP contribution < -0.4 is 4.74 Å². The molecule has 0 aliphatic carbocycles. The fourth-order valence-corrected chi connectivity index (χ4v) is 1.83. The second-order valence-corrected chi connectivity index (χ2v) is 4.09. The quantitative estimate of drug-likeness (QED) is 0.762. The van der Waals surface area contributed by atoms with Gasteiger partial charge in [0.1, 0.15) is 12.3 Å². The van der Waals surface area contributed by atoms with Crippen LogP contribution in [0.25, 0.3) is 10.9 Å². The van der Waals surface area contributed by atoms with Crippen LogP contribution in [-0.4, -0.2) is 24.3 Å². The number of hydrogen-bond donors (Lipinski definition) is 0. The smallest absolute Gasteiger partial charge is 0.325 e. The highest BCUT2D eigenvalue weighted by Gasteiger charge is 2.06. The van der Waals surface area contributed by atoms with Crippen LogP contribution in [0.3, 0.4) is 0 Å². The minimum Gasteiger partial charge on any atom is -0.494 e. The van der Waals surface area contributed by atoms with E-state index in [0.29, 0.717) is 6.61 Å². The van der Waals surface area contributed by atoms with Crippen molar-refractivity contribution in [3.63, 3.8) is 0 Å². The molecule has 96 valence electrons. The van der Waals surface area contributed by atoms with Crippen LogP contribution in [0.15, 0.2) is 30.5 Å². The van der Waals surface area contributed by atoms with Crippen LogP contribution in [-0.2, 0) is 16.1 Å². The van der Waals surface area contributed by atoms with Crippen molar-refractivity contribution in [2.75, 3.05) is 13.7 Å². The number of fused-ring (bicyclic) bond motifs is 1. The Kier molecular flexibility index (Phi) is 3.87. The Morgan fingerprint density at radius 3 is 2.89 bits per heavy atom. The first-order valence-electron chi connectivity index (χ1n) is 6.03. The van der Waals surface area contributed by atoms with Crippen molar-refractivity contribution in [2.45, 2.75) is 19.9 Å². The second-order valence-electron chi connectivity index (χ2n) is 4.09. The number of aromatic nitrogens is 1. The Balaban J connectivity index is 2.23. The summed E-state index contributed by atoms with van der Waals surface area (Å²) in [5.41, 5.74) is 1.00. The zero-order chi connectivity index (χ0) is 13.0. The largest absolute Gasteiger partial charge is 0.494 e. The molecule has 1 aromatic carbocycles. The summed E-state index contributed by atoms with van der Waals surface area (Å²) >= 11 is 0. The van der Waals surface area contributed by atoms with Crippen LogP contribution in [0.1, 0.15) is 13.3 Å². The van der Waals surface area contributed by atoms with Crippen molar-refractivity contribution in [2.24, 2.45) is 0 Å². The lowest BCUT2D eigenvalue weighted by molar-refractivity contribution is -0.141. The Morgan fingerprint density at radius 2 is 2.17 bits per heavy atom. The van der Waals surface area contributed by atoms with Crippen LogP contribution in [0.2, 0.25) is 0 Å². The third kappa shape index (κ3) is 2.64. The van der Waals surface area contributed by atoms with Gasteiger partial charge < -0.3 is 14.0 Å². The number of rotatable bonds is 5. The maximum Gasteiger partial charge on any atom is 0.325 e. The van der Waals surface area contributed by atoms with Gasteiger partial charge in [-0.15, -0.1) is 0 Å². The summed E-state index contributed by atoms with van der Waals surface area (Å²) in [6.07, 6.45) is 2.87. The minimum atomic E-state index is -0.251. The lowest BCUT2D eigenvalue weighted by atomic mass is 10.2. The zero-order valence-electron chi connectivity index (χ0n) is 10.7. The molecule has 0 saturated carbocycles. The van der Waals surface area contributed by atoms with Crippen LogP contribution >= 0.6 is 0 Å². The Bertz CT molecular complexity index is 545. The van der Waals surface area contributed by atoms with E-state index in [1.165, 1.54) is 7.11 Å². The van der Waals surface area contributed by atoms with Crippen LogP contribution in [0.4, 0.5) is 0 Å². The molecule has 0 saturated heterocycles. The highest BCUT2D eigenvalue weighted by molar-refractivity contribution is 5.83. The zero-order valence-corrected chi connectivity index (χ0v) is 10.7. The number of nitrogens with zero attached hydrogens (tertiary/aromatic N) is 1. The molecule has 0 amide bonds. The van der Waals surface area contributed by atoms with Gasteiger partial charge in [-0.1, -0.05) is 6.92 Å². The summed E-state index contributed by atoms with van der Waals surface area (Å²) in [6, 6.07) is 7.84. The topological polar surface area (TPSA) is 40.5 Å². The Hall–Kier alpha value is -1.97. The standard InChI is InChI=1S/C14H17NO3/c1-3-8-18-12-4-5-13-11(9-12)6-7-15(13)10-14(16)17-2/h4-7,9H,3,8,10H2,1-2H3. The average Bonchev–Trinajstić information content (AvgIpc) is 2.78. The van der Waals surface area contributed by atoms with E-state index in [1.807, 2.05) is 35.0 Å². The van der Waals surface area contributed by atoms with E-state index in [9.17, 15) is 4.79 Å². The first kappa shape index (κ1) is 12.5. The maximum atomic E-state index is 11.3. The number of carbonyl (C=O) groups excluding carboxylic acids is 1. The van der Waals surface area contributed by atoms with Gasteiger partial charge in [0, 0.05) is 17.1 Å². The van der Waals surface area contributed by atoms with Gasteiger partial charge >= 0.3 is 5.97 Å². The van der Waals surface area contributed by atoms with Gasteiger partial charge in [0.2, 0.25) is 0 Å². The summed E-state index contributed by atoms with van der Waals surface area (Å²) in [7, 11) is 1.39. The Morgan fingerprint density at radius 1 is 1.33 bits per heavy atom. The van der Waals surface area contributed by atoms with Crippen molar-refractivity contribution < 1.29 is 14.3 Å². The van der Waals surface area contributed by atoms with E-state index < -0.39 is 0 Å². The third-order valence-corrected chi connectivity index (χ3v) is 2.74. The molecule has 18 heavy (non-hydrogen) atoms. The van der Waals surface area contributed by atoms with Gasteiger partial charge in [-0.2, -0.15) is 0 Å². The number of carbonyl (C=O) groups is 1. The van der Waals surface area contributed by atoms with Crippen molar-refractivity contribution in [1.82, 2.24) is 4.57 Å². The molecule has 0 N–H and O–H groups in total. The van der Waals surface area contributed by atoms with Crippen molar-refractivity contribution >= 4 is 16.9 Å². The predicted molar refractivity (Wildman–Crippen MR) is 69.7 cm³/mol. The molecular weight excluding hydrogens is 230 g/mol. The van der Waals surface area contributed by atoms with Crippen molar-refractivity contribution in [1.29, 1.82) is 0 Å². The minimum absolute atomic E-state index is 0.231. The SMILES string of the molecule is CCCOc1ccc2c(ccn2CC(=O)OC)c1. The molecule has 4 heteroatoms. The van der Waals surface area contributed by atoms with E-state index in [0.717, 1.165) is 23.1 Å². The van der Waals surface area contributed by atoms with E-state index in [4.69, 9.17) is 4.74 Å². The molecule has 0 unspecified atom stereocenters. The number of hydrogen-bond acceptors (Lipinski definition) is 3. The summed E-state index contributed by atoms with van der Waals surface area (Å²) in [6.45, 7) is 3.02. The highest BCUT2D eigenvalue weighted by Crippen LogP contribution is 2.22. The molecule has 0 radical (unpaired) electrons. The summed E-state index contributed by atoms with van der Waals surface area (Å²) in [5, 5.41) is 1.06. The molecule has 0 spiro atoms. The van der Waals surface area contributed by atoms with Crippen LogP contribution in [0.5, 0.6) is 5.75 Å². The lowest BCUT2D eigenvalue weighted by Crippen LogP contribution is -2.10. The van der Waals surface area contributed by atoms with Gasteiger partial charge in [0.05, 0.1) is 13.7 Å². The highest BCUT2D eigenvalue weighted by atomic mass is 16.5. The summed E-state index contributed by atoms with van der Waals surface area (Å²) in [4.78, 5) is 11.3. The molecule has 0 bridgehead atoms. The normalized spacial score (nSPS) is 10.6. The van der Waals surface area contributed by atoms with Crippen molar-refractivity contribution in [3.8, 4) is 5.75 Å². The van der Waals surface area contributed by atoms with Crippen molar-refractivity contribution in [3.05, 3.63) is 30.5 Å². The van der Waals surface area contributed by atoms with Gasteiger partial charge in [0.15, 0.2) is 0 Å². The molecule has 2 rings (SSSR count). The maximum absolute atomic E-state index is 11.3. The van der Waals surface area contributed by atoms with Gasteiger partial charge in [-0.3, -0.25) is 4.79 Å². The fraction of sp³-hybridized carbons (Fsp3) is 0.357. The first-order chi connectivity index (χ1) is 8.74. The number of esters is 1.